The second kappa shape index (κ2) is 10.6. The predicted molar refractivity (Wildman–Crippen MR) is 140 cm³/mol. The highest BCUT2D eigenvalue weighted by molar-refractivity contribution is 5.93. The van der Waals surface area contributed by atoms with E-state index < -0.39 is 5.54 Å². The standard InChI is InChI=1S/C27H35N7O2/c1-5-21-16-33(13-11-19-7-9-20(10-8-19)26(36)29-3)27(6-2,18-30-21)22-15-24(35)32(4)23-17-34(14-12-28)31-25(22)23/h7-10,15,17,21,30H,5-6,11,13-14,16,18H2,1-4H3,(H,29,36)/t21-,27-/m0/s1. The first-order valence-electron chi connectivity index (χ1n) is 12.6. The van der Waals surface area contributed by atoms with Gasteiger partial charge < -0.3 is 15.2 Å². The summed E-state index contributed by atoms with van der Waals surface area (Å²) in [5.74, 6) is -0.0926. The number of nitriles is 1. The lowest BCUT2D eigenvalue weighted by Gasteiger charge is -2.50. The van der Waals surface area contributed by atoms with E-state index in [9.17, 15) is 14.9 Å². The molecule has 0 aliphatic carbocycles. The maximum absolute atomic E-state index is 13.0. The number of rotatable bonds is 8. The lowest BCUT2D eigenvalue weighted by atomic mass is 9.81. The molecule has 0 unspecified atom stereocenters. The normalized spacial score (nSPS) is 20.4. The van der Waals surface area contributed by atoms with Gasteiger partial charge in [0.05, 0.1) is 23.3 Å². The monoisotopic (exact) mass is 489 g/mol. The molecule has 2 atom stereocenters. The molecule has 9 heteroatoms. The summed E-state index contributed by atoms with van der Waals surface area (Å²) in [7, 11) is 3.38. The predicted octanol–water partition coefficient (Wildman–Crippen LogP) is 2.15. The molecule has 1 fully saturated rings. The van der Waals surface area contributed by atoms with Gasteiger partial charge in [-0.15, -0.1) is 0 Å². The second-order valence-corrected chi connectivity index (χ2v) is 9.52. The Balaban J connectivity index is 1.73. The van der Waals surface area contributed by atoms with E-state index in [4.69, 9.17) is 5.10 Å². The number of aromatic nitrogens is 3. The first-order valence-corrected chi connectivity index (χ1v) is 12.6. The van der Waals surface area contributed by atoms with Crippen molar-refractivity contribution in [2.24, 2.45) is 7.05 Å². The van der Waals surface area contributed by atoms with Crippen molar-refractivity contribution < 1.29 is 4.79 Å². The molecule has 0 radical (unpaired) electrons. The molecule has 2 aromatic heterocycles. The van der Waals surface area contributed by atoms with Gasteiger partial charge in [-0.3, -0.25) is 19.2 Å². The van der Waals surface area contributed by atoms with E-state index in [0.717, 1.165) is 54.5 Å². The maximum atomic E-state index is 13.0. The van der Waals surface area contributed by atoms with Crippen LogP contribution in [0.3, 0.4) is 0 Å². The summed E-state index contributed by atoms with van der Waals surface area (Å²) in [5.41, 5.74) is 3.74. The smallest absolute Gasteiger partial charge is 0.251 e. The molecule has 4 rings (SSSR count). The van der Waals surface area contributed by atoms with Gasteiger partial charge in [0.2, 0.25) is 0 Å². The summed E-state index contributed by atoms with van der Waals surface area (Å²) in [4.78, 5) is 27.4. The molecule has 1 aliphatic rings. The van der Waals surface area contributed by atoms with Crippen LogP contribution in [0.4, 0.5) is 0 Å². The Morgan fingerprint density at radius 2 is 2.06 bits per heavy atom. The van der Waals surface area contributed by atoms with Gasteiger partial charge in [-0.05, 0) is 37.0 Å². The average Bonchev–Trinajstić information content (AvgIpc) is 3.33. The Morgan fingerprint density at radius 1 is 1.31 bits per heavy atom. The summed E-state index contributed by atoms with van der Waals surface area (Å²) in [6, 6.07) is 12.0. The number of pyridine rings is 1. The summed E-state index contributed by atoms with van der Waals surface area (Å²) in [6.07, 6.45) is 4.43. The van der Waals surface area contributed by atoms with Crippen LogP contribution < -0.4 is 16.2 Å². The molecule has 0 saturated carbocycles. The van der Waals surface area contributed by atoms with E-state index in [1.54, 1.807) is 35.6 Å². The first-order chi connectivity index (χ1) is 17.4. The summed E-state index contributed by atoms with van der Waals surface area (Å²) in [5, 5.41) is 20.3. The van der Waals surface area contributed by atoms with Crippen molar-refractivity contribution in [1.29, 1.82) is 5.26 Å². The highest BCUT2D eigenvalue weighted by atomic mass is 16.1. The number of piperazine rings is 1. The molecule has 0 bridgehead atoms. The van der Waals surface area contributed by atoms with Gasteiger partial charge >= 0.3 is 0 Å². The van der Waals surface area contributed by atoms with Gasteiger partial charge in [-0.2, -0.15) is 10.4 Å². The number of benzene rings is 1. The van der Waals surface area contributed by atoms with E-state index in [2.05, 4.69) is 35.5 Å². The highest BCUT2D eigenvalue weighted by Gasteiger charge is 2.43. The molecule has 1 amide bonds. The molecule has 0 spiro atoms. The third kappa shape index (κ3) is 4.66. The fourth-order valence-electron chi connectivity index (χ4n) is 5.31. The topological polar surface area (TPSA) is 108 Å². The molecule has 3 heterocycles. The Bertz CT molecular complexity index is 1340. The number of hydrogen-bond donors (Lipinski definition) is 2. The van der Waals surface area contributed by atoms with Crippen LogP contribution in [0.5, 0.6) is 0 Å². The van der Waals surface area contributed by atoms with Crippen LogP contribution in [-0.4, -0.2) is 57.9 Å². The zero-order valence-electron chi connectivity index (χ0n) is 21.5. The van der Waals surface area contributed by atoms with E-state index in [1.807, 2.05) is 24.3 Å². The maximum Gasteiger partial charge on any atom is 0.251 e. The van der Waals surface area contributed by atoms with Crippen molar-refractivity contribution in [3.63, 3.8) is 0 Å². The molecule has 9 nitrogen and oxygen atoms in total. The minimum Gasteiger partial charge on any atom is -0.355 e. The van der Waals surface area contributed by atoms with Crippen molar-refractivity contribution in [1.82, 2.24) is 29.9 Å². The van der Waals surface area contributed by atoms with Crippen molar-refractivity contribution in [2.45, 2.75) is 51.2 Å². The number of amides is 1. The lowest BCUT2D eigenvalue weighted by Crippen LogP contribution is -2.63. The van der Waals surface area contributed by atoms with Gasteiger partial charge in [0.1, 0.15) is 12.1 Å². The summed E-state index contributed by atoms with van der Waals surface area (Å²) in [6.45, 7) is 6.86. The van der Waals surface area contributed by atoms with Gasteiger partial charge in [0.15, 0.2) is 0 Å². The highest BCUT2D eigenvalue weighted by Crippen LogP contribution is 2.37. The number of fused-ring (bicyclic) bond motifs is 1. The number of nitrogens with one attached hydrogen (secondary N) is 2. The zero-order valence-corrected chi connectivity index (χ0v) is 21.5. The Kier molecular flexibility index (Phi) is 7.57. The molecule has 2 N–H and O–H groups in total. The molecule has 3 aromatic rings. The minimum absolute atomic E-state index is 0.0795. The number of carbonyl (C=O) groups is 1. The Labute approximate surface area is 211 Å². The fourth-order valence-corrected chi connectivity index (χ4v) is 5.31. The Hall–Kier alpha value is -3.48. The molecule has 1 aliphatic heterocycles. The van der Waals surface area contributed by atoms with E-state index in [0.29, 0.717) is 18.2 Å². The van der Waals surface area contributed by atoms with E-state index in [1.165, 1.54) is 0 Å². The SMILES string of the molecule is CC[C@H]1CN(CCc2ccc(C(=O)NC)cc2)[C@](CC)(c2cc(=O)n(C)c3cn(CC#N)nc23)CN1. The number of carbonyl (C=O) groups excluding carboxylic acids is 1. The van der Waals surface area contributed by atoms with Crippen LogP contribution >= 0.6 is 0 Å². The van der Waals surface area contributed by atoms with Crippen molar-refractivity contribution in [3.05, 3.63) is 63.6 Å². The first kappa shape index (κ1) is 25.6. The molecule has 36 heavy (non-hydrogen) atoms. The number of hydrogen-bond acceptors (Lipinski definition) is 6. The molecule has 190 valence electrons. The summed E-state index contributed by atoms with van der Waals surface area (Å²) >= 11 is 0. The Morgan fingerprint density at radius 3 is 2.69 bits per heavy atom. The van der Waals surface area contributed by atoms with Gasteiger partial charge in [0.25, 0.3) is 11.5 Å². The third-order valence-corrected chi connectivity index (χ3v) is 7.61. The van der Waals surface area contributed by atoms with Gasteiger partial charge in [-0.1, -0.05) is 26.0 Å². The van der Waals surface area contributed by atoms with Gasteiger partial charge in [-0.25, -0.2) is 0 Å². The average molecular weight is 490 g/mol. The summed E-state index contributed by atoms with van der Waals surface area (Å²) < 4.78 is 3.22. The number of aryl methyl sites for hydroxylation is 1. The fraction of sp³-hybridized carbons (Fsp3) is 0.481. The van der Waals surface area contributed by atoms with Gasteiger partial charge in [0, 0.05) is 57.0 Å². The molecule has 1 aromatic carbocycles. The largest absolute Gasteiger partial charge is 0.355 e. The zero-order chi connectivity index (χ0) is 25.9. The van der Waals surface area contributed by atoms with Crippen molar-refractivity contribution in [3.8, 4) is 6.07 Å². The van der Waals surface area contributed by atoms with E-state index >= 15 is 0 Å². The van der Waals surface area contributed by atoms with Crippen LogP contribution in [0.2, 0.25) is 0 Å². The van der Waals surface area contributed by atoms with Crippen LogP contribution in [0.15, 0.2) is 41.3 Å². The minimum atomic E-state index is -0.412. The van der Waals surface area contributed by atoms with Crippen LogP contribution in [0.25, 0.3) is 11.0 Å². The van der Waals surface area contributed by atoms with Crippen molar-refractivity contribution >= 4 is 16.9 Å². The molecular weight excluding hydrogens is 454 g/mol. The quantitative estimate of drug-likeness (QED) is 0.502. The second-order valence-electron chi connectivity index (χ2n) is 9.52. The van der Waals surface area contributed by atoms with Crippen LogP contribution in [0, 0.1) is 11.3 Å². The lowest BCUT2D eigenvalue weighted by molar-refractivity contribution is 0.0327. The molecule has 1 saturated heterocycles. The van der Waals surface area contributed by atoms with Crippen LogP contribution in [0.1, 0.15) is 48.2 Å². The van der Waals surface area contributed by atoms with E-state index in [-0.39, 0.29) is 18.0 Å². The molecular formula is C27H35N7O2. The third-order valence-electron chi connectivity index (χ3n) is 7.61. The van der Waals surface area contributed by atoms with Crippen LogP contribution in [-0.2, 0) is 25.6 Å². The van der Waals surface area contributed by atoms with Crippen molar-refractivity contribution in [2.75, 3.05) is 26.7 Å². The number of nitrogens with zero attached hydrogens (tertiary/aromatic N) is 5.